The van der Waals surface area contributed by atoms with E-state index in [4.69, 9.17) is 0 Å². The second-order valence-corrected chi connectivity index (χ2v) is 5.34. The second-order valence-electron chi connectivity index (χ2n) is 5.34. The molecule has 0 aliphatic carbocycles. The zero-order valence-corrected chi connectivity index (χ0v) is 11.4. The Morgan fingerprint density at radius 1 is 1.05 bits per heavy atom. The molecule has 1 fully saturated rings. The Bertz CT molecular complexity index is 502. The average molecular weight is 262 g/mol. The van der Waals surface area contributed by atoms with Crippen molar-refractivity contribution in [3.05, 3.63) is 29.8 Å². The van der Waals surface area contributed by atoms with Gasteiger partial charge in [0.2, 0.25) is 11.8 Å². The zero-order valence-electron chi connectivity index (χ0n) is 11.4. The van der Waals surface area contributed by atoms with Gasteiger partial charge >= 0.3 is 0 Å². The first-order valence-electron chi connectivity index (χ1n) is 6.16. The van der Waals surface area contributed by atoms with Crippen LogP contribution in [-0.4, -0.2) is 42.0 Å². The van der Waals surface area contributed by atoms with Crippen molar-refractivity contribution >= 4 is 17.5 Å². The predicted molar refractivity (Wildman–Crippen MR) is 71.7 cm³/mol. The lowest BCUT2D eigenvalue weighted by Gasteiger charge is -2.32. The third kappa shape index (κ3) is 2.76. The summed E-state index contributed by atoms with van der Waals surface area (Å²) in [5.41, 5.74) is 0.532. The Labute approximate surface area is 112 Å². The molecule has 102 valence electrons. The van der Waals surface area contributed by atoms with Crippen molar-refractivity contribution < 1.29 is 14.7 Å². The van der Waals surface area contributed by atoms with E-state index in [1.807, 2.05) is 0 Å². The number of carbonyl (C=O) groups excluding carboxylic acids is 2. The molecule has 19 heavy (non-hydrogen) atoms. The van der Waals surface area contributed by atoms with Crippen molar-refractivity contribution in [1.82, 2.24) is 4.90 Å². The highest BCUT2D eigenvalue weighted by atomic mass is 16.3. The molecule has 5 heteroatoms. The number of anilines is 1. The van der Waals surface area contributed by atoms with Gasteiger partial charge in [0.1, 0.15) is 6.54 Å². The largest absolute Gasteiger partial charge is 0.386 e. The molecule has 1 N–H and O–H groups in total. The van der Waals surface area contributed by atoms with Crippen LogP contribution in [0.15, 0.2) is 24.3 Å². The first-order chi connectivity index (χ1) is 8.79. The van der Waals surface area contributed by atoms with Gasteiger partial charge in [0.15, 0.2) is 0 Å². The van der Waals surface area contributed by atoms with Crippen molar-refractivity contribution in [2.24, 2.45) is 0 Å². The normalized spacial score (nSPS) is 17.1. The summed E-state index contributed by atoms with van der Waals surface area (Å²) >= 11 is 0. The molecular weight excluding hydrogens is 244 g/mol. The van der Waals surface area contributed by atoms with Crippen LogP contribution >= 0.6 is 0 Å². The number of nitrogens with zero attached hydrogens (tertiary/aromatic N) is 2. The lowest BCUT2D eigenvalue weighted by atomic mass is 9.98. The molecule has 0 radical (unpaired) electrons. The Morgan fingerprint density at radius 3 is 2.16 bits per heavy atom. The summed E-state index contributed by atoms with van der Waals surface area (Å²) in [6.45, 7) is 3.57. The quantitative estimate of drug-likeness (QED) is 0.854. The molecule has 5 nitrogen and oxygen atoms in total. The van der Waals surface area contributed by atoms with Gasteiger partial charge in [-0.1, -0.05) is 12.1 Å². The Morgan fingerprint density at radius 2 is 1.63 bits per heavy atom. The highest BCUT2D eigenvalue weighted by molar-refractivity contribution is 6.04. The van der Waals surface area contributed by atoms with Gasteiger partial charge in [-0.05, 0) is 31.5 Å². The molecule has 1 aromatic carbocycles. The molecule has 1 aliphatic rings. The van der Waals surface area contributed by atoms with Crippen molar-refractivity contribution in [3.8, 4) is 0 Å². The smallest absolute Gasteiger partial charge is 0.247 e. The highest BCUT2D eigenvalue weighted by Gasteiger charge is 2.28. The summed E-state index contributed by atoms with van der Waals surface area (Å²) in [6, 6.07) is 7.05. The SMILES string of the molecule is CN1CC(=O)N(c2ccc(C(C)(C)O)cc2)CC1=O. The van der Waals surface area contributed by atoms with Crippen molar-refractivity contribution in [1.29, 1.82) is 0 Å². The predicted octanol–water partition coefficient (Wildman–Crippen LogP) is 0.719. The minimum absolute atomic E-state index is 0.0667. The van der Waals surface area contributed by atoms with Gasteiger partial charge in [0, 0.05) is 12.7 Å². The van der Waals surface area contributed by atoms with Crippen LogP contribution in [0.25, 0.3) is 0 Å². The van der Waals surface area contributed by atoms with Gasteiger partial charge in [0.05, 0.1) is 12.1 Å². The third-order valence-electron chi connectivity index (χ3n) is 3.28. The van der Waals surface area contributed by atoms with Crippen molar-refractivity contribution in [2.75, 3.05) is 25.0 Å². The summed E-state index contributed by atoms with van der Waals surface area (Å²) in [7, 11) is 1.62. The number of benzene rings is 1. The standard InChI is InChI=1S/C14H18N2O3/c1-14(2,19)10-4-6-11(7-5-10)16-9-12(17)15(3)8-13(16)18/h4-7,19H,8-9H2,1-3H3. The van der Waals surface area contributed by atoms with E-state index in [1.54, 1.807) is 45.2 Å². The molecule has 0 atom stereocenters. The van der Waals surface area contributed by atoms with Crippen LogP contribution in [0.3, 0.4) is 0 Å². The molecule has 2 amide bonds. The number of piperazine rings is 1. The van der Waals surface area contributed by atoms with Crippen LogP contribution in [0.4, 0.5) is 5.69 Å². The van der Waals surface area contributed by atoms with Crippen LogP contribution in [0.2, 0.25) is 0 Å². The van der Waals surface area contributed by atoms with E-state index in [0.29, 0.717) is 5.69 Å². The lowest BCUT2D eigenvalue weighted by molar-refractivity contribution is -0.136. The molecular formula is C14H18N2O3. The van der Waals surface area contributed by atoms with Gasteiger partial charge in [-0.3, -0.25) is 9.59 Å². The topological polar surface area (TPSA) is 60.9 Å². The number of hydrogen-bond donors (Lipinski definition) is 1. The van der Waals surface area contributed by atoms with Gasteiger partial charge < -0.3 is 14.9 Å². The molecule has 0 aromatic heterocycles. The van der Waals surface area contributed by atoms with Crippen LogP contribution in [0, 0.1) is 0 Å². The number of aliphatic hydroxyl groups is 1. The third-order valence-corrected chi connectivity index (χ3v) is 3.28. The molecule has 0 saturated carbocycles. The van der Waals surface area contributed by atoms with Crippen LogP contribution in [-0.2, 0) is 15.2 Å². The Hall–Kier alpha value is -1.88. The average Bonchev–Trinajstić information content (AvgIpc) is 2.33. The number of likely N-dealkylation sites (N-methyl/N-ethyl adjacent to an activating group) is 1. The number of amides is 2. The van der Waals surface area contributed by atoms with Gasteiger partial charge in [-0.25, -0.2) is 0 Å². The van der Waals surface area contributed by atoms with E-state index in [9.17, 15) is 14.7 Å². The van der Waals surface area contributed by atoms with Gasteiger partial charge in [-0.15, -0.1) is 0 Å². The molecule has 0 bridgehead atoms. The summed E-state index contributed by atoms with van der Waals surface area (Å²) in [6.07, 6.45) is 0. The first kappa shape index (κ1) is 13.5. The Balaban J connectivity index is 2.23. The molecule has 1 heterocycles. The molecule has 2 rings (SSSR count). The summed E-state index contributed by atoms with van der Waals surface area (Å²) in [4.78, 5) is 26.4. The van der Waals surface area contributed by atoms with Crippen LogP contribution in [0.5, 0.6) is 0 Å². The maximum atomic E-state index is 11.9. The summed E-state index contributed by atoms with van der Waals surface area (Å²) in [5, 5.41) is 9.88. The fraction of sp³-hybridized carbons (Fsp3) is 0.429. The lowest BCUT2D eigenvalue weighted by Crippen LogP contribution is -2.52. The first-order valence-corrected chi connectivity index (χ1v) is 6.16. The van der Waals surface area contributed by atoms with E-state index in [1.165, 1.54) is 9.80 Å². The molecule has 0 spiro atoms. The van der Waals surface area contributed by atoms with Gasteiger partial charge in [-0.2, -0.15) is 0 Å². The maximum absolute atomic E-state index is 11.9. The molecule has 1 aromatic rings. The van der Waals surface area contributed by atoms with E-state index < -0.39 is 5.60 Å². The fourth-order valence-corrected chi connectivity index (χ4v) is 2.01. The summed E-state index contributed by atoms with van der Waals surface area (Å²) in [5.74, 6) is -0.177. The Kier molecular flexibility index (Phi) is 3.32. The second kappa shape index (κ2) is 4.66. The molecule has 1 aliphatic heterocycles. The van der Waals surface area contributed by atoms with E-state index >= 15 is 0 Å². The minimum atomic E-state index is -0.916. The number of carbonyl (C=O) groups is 2. The monoisotopic (exact) mass is 262 g/mol. The highest BCUT2D eigenvalue weighted by Crippen LogP contribution is 2.24. The summed E-state index contributed by atoms with van der Waals surface area (Å²) < 4.78 is 0. The number of hydrogen-bond acceptors (Lipinski definition) is 3. The fourth-order valence-electron chi connectivity index (χ4n) is 2.01. The van der Waals surface area contributed by atoms with Crippen LogP contribution in [0.1, 0.15) is 19.4 Å². The molecule has 1 saturated heterocycles. The molecule has 0 unspecified atom stereocenters. The van der Waals surface area contributed by atoms with Gasteiger partial charge in [0.25, 0.3) is 0 Å². The van der Waals surface area contributed by atoms with Crippen LogP contribution < -0.4 is 4.90 Å². The van der Waals surface area contributed by atoms with Crippen molar-refractivity contribution in [2.45, 2.75) is 19.4 Å². The van der Waals surface area contributed by atoms with E-state index in [2.05, 4.69) is 0 Å². The van der Waals surface area contributed by atoms with E-state index in [0.717, 1.165) is 5.56 Å². The van der Waals surface area contributed by atoms with Crippen molar-refractivity contribution in [3.63, 3.8) is 0 Å². The maximum Gasteiger partial charge on any atom is 0.247 e. The number of rotatable bonds is 2. The zero-order chi connectivity index (χ0) is 14.2. The van der Waals surface area contributed by atoms with E-state index in [-0.39, 0.29) is 24.9 Å². The minimum Gasteiger partial charge on any atom is -0.386 e.